The zero-order valence-electron chi connectivity index (χ0n) is 16.4. The van der Waals surface area contributed by atoms with E-state index in [4.69, 9.17) is 4.74 Å². The summed E-state index contributed by atoms with van der Waals surface area (Å²) in [6, 6.07) is 15.4. The van der Waals surface area contributed by atoms with Crippen molar-refractivity contribution in [3.63, 3.8) is 0 Å². The summed E-state index contributed by atoms with van der Waals surface area (Å²) in [6.07, 6.45) is 0. The van der Waals surface area contributed by atoms with Gasteiger partial charge in [-0.05, 0) is 49.7 Å². The van der Waals surface area contributed by atoms with Gasteiger partial charge in [0.1, 0.15) is 17.4 Å². The molecule has 8 heteroatoms. The number of aryl methyl sites for hydroxylation is 2. The van der Waals surface area contributed by atoms with Gasteiger partial charge in [-0.3, -0.25) is 4.79 Å². The molecule has 1 amide bonds. The highest BCUT2D eigenvalue weighted by molar-refractivity contribution is 7.12. The van der Waals surface area contributed by atoms with Crippen LogP contribution in [-0.4, -0.2) is 27.3 Å². The number of halogens is 1. The van der Waals surface area contributed by atoms with Gasteiger partial charge in [0, 0.05) is 17.0 Å². The maximum absolute atomic E-state index is 13.2. The molecular formula is C22H19FN4O2S. The highest BCUT2D eigenvalue weighted by Gasteiger charge is 2.15. The Balaban J connectivity index is 1.49. The van der Waals surface area contributed by atoms with Crippen LogP contribution >= 0.6 is 11.3 Å². The summed E-state index contributed by atoms with van der Waals surface area (Å²) in [5.41, 5.74) is 3.22. The number of amides is 1. The number of nitrogens with one attached hydrogen (secondary N) is 1. The molecular weight excluding hydrogens is 403 g/mol. The van der Waals surface area contributed by atoms with Gasteiger partial charge in [0.15, 0.2) is 6.61 Å². The number of thiazole rings is 1. The number of para-hydroxylation sites is 1. The number of rotatable bonds is 6. The van der Waals surface area contributed by atoms with E-state index in [0.717, 1.165) is 16.8 Å². The van der Waals surface area contributed by atoms with E-state index in [0.29, 0.717) is 22.4 Å². The van der Waals surface area contributed by atoms with Crippen molar-refractivity contribution in [2.24, 2.45) is 0 Å². The van der Waals surface area contributed by atoms with Crippen LogP contribution in [0.1, 0.15) is 11.3 Å². The topological polar surface area (TPSA) is 69.0 Å². The molecule has 2 aromatic heterocycles. The third kappa shape index (κ3) is 4.38. The van der Waals surface area contributed by atoms with Gasteiger partial charge < -0.3 is 10.1 Å². The second-order valence-corrected chi connectivity index (χ2v) is 7.54. The number of benzene rings is 2. The highest BCUT2D eigenvalue weighted by atomic mass is 32.1. The smallest absolute Gasteiger partial charge is 0.263 e. The number of aromatic nitrogens is 3. The molecule has 2 heterocycles. The van der Waals surface area contributed by atoms with Gasteiger partial charge in [0.25, 0.3) is 5.91 Å². The molecule has 0 fully saturated rings. The minimum Gasteiger partial charge on any atom is -0.483 e. The molecule has 6 nitrogen and oxygen atoms in total. The first-order valence-corrected chi connectivity index (χ1v) is 10.1. The van der Waals surface area contributed by atoms with E-state index in [2.05, 4.69) is 15.4 Å². The number of hydrogen-bond acceptors (Lipinski definition) is 5. The first kappa shape index (κ1) is 19.8. The molecule has 4 aromatic rings. The third-order valence-electron chi connectivity index (χ3n) is 4.36. The van der Waals surface area contributed by atoms with Gasteiger partial charge in [-0.15, -0.1) is 11.3 Å². The molecule has 0 aliphatic carbocycles. The molecule has 0 atom stereocenters. The summed E-state index contributed by atoms with van der Waals surface area (Å²) >= 11 is 1.38. The standard InChI is InChI=1S/C22H19FN4O2S/c1-14-5-3-4-6-19(14)29-12-21(28)25-20-11-15(2)26-27(20)22-24-18(13-30-22)16-7-9-17(23)10-8-16/h3-11,13H,12H2,1-2H3,(H,25,28). The fourth-order valence-electron chi connectivity index (χ4n) is 2.89. The van der Waals surface area contributed by atoms with E-state index >= 15 is 0 Å². The van der Waals surface area contributed by atoms with E-state index in [1.54, 1.807) is 22.9 Å². The Bertz CT molecular complexity index is 1180. The first-order valence-electron chi connectivity index (χ1n) is 9.26. The average Bonchev–Trinajstić information content (AvgIpc) is 3.34. The SMILES string of the molecule is Cc1cc(NC(=O)COc2ccccc2C)n(-c2nc(-c3ccc(F)cc3)cs2)n1. The van der Waals surface area contributed by atoms with Gasteiger partial charge in [0.05, 0.1) is 11.4 Å². The van der Waals surface area contributed by atoms with Gasteiger partial charge in [0.2, 0.25) is 5.13 Å². The molecule has 0 spiro atoms. The Kier molecular flexibility index (Phi) is 5.58. The van der Waals surface area contributed by atoms with Gasteiger partial charge in [-0.1, -0.05) is 18.2 Å². The lowest BCUT2D eigenvalue weighted by atomic mass is 10.2. The Morgan fingerprint density at radius 1 is 1.17 bits per heavy atom. The molecule has 0 radical (unpaired) electrons. The van der Waals surface area contributed by atoms with Crippen molar-refractivity contribution >= 4 is 23.1 Å². The van der Waals surface area contributed by atoms with Crippen molar-refractivity contribution in [3.05, 3.63) is 77.1 Å². The lowest BCUT2D eigenvalue weighted by Crippen LogP contribution is -2.22. The van der Waals surface area contributed by atoms with Gasteiger partial charge in [-0.2, -0.15) is 9.78 Å². The molecule has 30 heavy (non-hydrogen) atoms. The molecule has 0 unspecified atom stereocenters. The monoisotopic (exact) mass is 422 g/mol. The van der Waals surface area contributed by atoms with Crippen molar-refractivity contribution in [1.82, 2.24) is 14.8 Å². The molecule has 0 aliphatic heterocycles. The van der Waals surface area contributed by atoms with Crippen LogP contribution in [0.25, 0.3) is 16.4 Å². The van der Waals surface area contributed by atoms with Crippen molar-refractivity contribution in [1.29, 1.82) is 0 Å². The number of hydrogen-bond donors (Lipinski definition) is 1. The lowest BCUT2D eigenvalue weighted by molar-refractivity contribution is -0.118. The van der Waals surface area contributed by atoms with Crippen LogP contribution in [0, 0.1) is 19.7 Å². The van der Waals surface area contributed by atoms with E-state index in [1.807, 2.05) is 43.5 Å². The molecule has 0 saturated carbocycles. The van der Waals surface area contributed by atoms with Crippen molar-refractivity contribution in [2.75, 3.05) is 11.9 Å². The van der Waals surface area contributed by atoms with Crippen LogP contribution in [0.2, 0.25) is 0 Å². The summed E-state index contributed by atoms with van der Waals surface area (Å²) in [6.45, 7) is 3.64. The predicted molar refractivity (Wildman–Crippen MR) is 115 cm³/mol. The zero-order valence-corrected chi connectivity index (χ0v) is 17.2. The molecule has 152 valence electrons. The zero-order chi connectivity index (χ0) is 21.1. The largest absolute Gasteiger partial charge is 0.483 e. The maximum atomic E-state index is 13.2. The normalized spacial score (nSPS) is 10.8. The summed E-state index contributed by atoms with van der Waals surface area (Å²) in [4.78, 5) is 17.0. The van der Waals surface area contributed by atoms with Crippen molar-refractivity contribution in [3.8, 4) is 22.1 Å². The van der Waals surface area contributed by atoms with Crippen LogP contribution in [0.4, 0.5) is 10.2 Å². The molecule has 0 saturated heterocycles. The van der Waals surface area contributed by atoms with Crippen LogP contribution in [0.3, 0.4) is 0 Å². The third-order valence-corrected chi connectivity index (χ3v) is 5.18. The summed E-state index contributed by atoms with van der Waals surface area (Å²) < 4.78 is 20.4. The van der Waals surface area contributed by atoms with Crippen LogP contribution in [0.15, 0.2) is 60.0 Å². The summed E-state index contributed by atoms with van der Waals surface area (Å²) in [7, 11) is 0. The minimum atomic E-state index is -0.297. The quantitative estimate of drug-likeness (QED) is 0.486. The summed E-state index contributed by atoms with van der Waals surface area (Å²) in [5, 5.41) is 9.73. The van der Waals surface area contributed by atoms with Crippen LogP contribution in [0.5, 0.6) is 5.75 Å². The molecule has 1 N–H and O–H groups in total. The van der Waals surface area contributed by atoms with Crippen LogP contribution in [-0.2, 0) is 4.79 Å². The molecule has 4 rings (SSSR count). The average molecular weight is 422 g/mol. The number of nitrogens with zero attached hydrogens (tertiary/aromatic N) is 3. The van der Waals surface area contributed by atoms with Gasteiger partial charge >= 0.3 is 0 Å². The van der Waals surface area contributed by atoms with Crippen molar-refractivity contribution < 1.29 is 13.9 Å². The summed E-state index contributed by atoms with van der Waals surface area (Å²) in [5.74, 6) is 0.580. The second kappa shape index (κ2) is 8.46. The number of carbonyl (C=O) groups is 1. The molecule has 2 aromatic carbocycles. The molecule has 0 bridgehead atoms. The van der Waals surface area contributed by atoms with E-state index < -0.39 is 0 Å². The fourth-order valence-corrected chi connectivity index (χ4v) is 3.69. The minimum absolute atomic E-state index is 0.117. The Hall–Kier alpha value is -3.52. The van der Waals surface area contributed by atoms with Crippen molar-refractivity contribution in [2.45, 2.75) is 13.8 Å². The van der Waals surface area contributed by atoms with Gasteiger partial charge in [-0.25, -0.2) is 9.37 Å². The Labute approximate surface area is 177 Å². The van der Waals surface area contributed by atoms with E-state index in [-0.39, 0.29) is 18.3 Å². The highest BCUT2D eigenvalue weighted by Crippen LogP contribution is 2.26. The van der Waals surface area contributed by atoms with E-state index in [1.165, 1.54) is 23.5 Å². The maximum Gasteiger partial charge on any atom is 0.263 e. The fraction of sp³-hybridized carbons (Fsp3) is 0.136. The Morgan fingerprint density at radius 3 is 2.70 bits per heavy atom. The number of anilines is 1. The molecule has 0 aliphatic rings. The van der Waals surface area contributed by atoms with Crippen LogP contribution < -0.4 is 10.1 Å². The first-order chi connectivity index (χ1) is 14.5. The van der Waals surface area contributed by atoms with E-state index in [9.17, 15) is 9.18 Å². The number of carbonyl (C=O) groups excluding carboxylic acids is 1. The lowest BCUT2D eigenvalue weighted by Gasteiger charge is -2.09. The number of ether oxygens (including phenoxy) is 1. The second-order valence-electron chi connectivity index (χ2n) is 6.71. The Morgan fingerprint density at radius 2 is 1.93 bits per heavy atom. The predicted octanol–water partition coefficient (Wildman–Crippen LogP) is 4.77.